The van der Waals surface area contributed by atoms with Crippen molar-refractivity contribution in [3.8, 4) is 0 Å². The van der Waals surface area contributed by atoms with Crippen molar-refractivity contribution in [1.29, 1.82) is 0 Å². The predicted molar refractivity (Wildman–Crippen MR) is 64.6 cm³/mol. The van der Waals surface area contributed by atoms with Crippen LogP contribution in [-0.4, -0.2) is 40.1 Å². The van der Waals surface area contributed by atoms with E-state index in [-0.39, 0.29) is 11.9 Å². The number of aliphatic hydroxyl groups excluding tert-OH is 2. The van der Waals surface area contributed by atoms with E-state index in [1.807, 2.05) is 0 Å². The topological polar surface area (TPSA) is 94.6 Å². The number of hydrogen-bond donors (Lipinski definition) is 4. The quantitative estimate of drug-likeness (QED) is 0.558. The molecule has 1 saturated carbocycles. The highest BCUT2D eigenvalue weighted by Crippen LogP contribution is 2.41. The maximum atomic E-state index is 13.9. The van der Waals surface area contributed by atoms with E-state index in [9.17, 15) is 14.6 Å². The minimum Gasteiger partial charge on any atom is -0.390 e. The number of nitrogen functional groups attached to an aromatic ring is 1. The molecule has 0 spiro atoms. The number of fused-ring (bicyclic) bond motifs is 1. The van der Waals surface area contributed by atoms with Crippen molar-refractivity contribution in [1.82, 2.24) is 4.98 Å². The summed E-state index contributed by atoms with van der Waals surface area (Å²) in [6, 6.07) is -0.301. The maximum Gasteiger partial charge on any atom is 0.167 e. The van der Waals surface area contributed by atoms with E-state index in [0.29, 0.717) is 30.9 Å². The highest BCUT2D eigenvalue weighted by molar-refractivity contribution is 5.83. The van der Waals surface area contributed by atoms with Gasteiger partial charge in [-0.1, -0.05) is 0 Å². The molecule has 0 unspecified atom stereocenters. The Bertz CT molecular complexity index is 484. The monoisotopic (exact) mass is 254 g/mol. The molecule has 7 heteroatoms. The van der Waals surface area contributed by atoms with Crippen molar-refractivity contribution >= 4 is 17.2 Å². The second-order valence-electron chi connectivity index (χ2n) is 4.72. The minimum atomic E-state index is -0.869. The summed E-state index contributed by atoms with van der Waals surface area (Å²) in [6.07, 6.45) is 0.588. The number of nitrogens with two attached hydrogens (primary N) is 1. The third kappa shape index (κ3) is 1.51. The van der Waals surface area contributed by atoms with E-state index in [1.165, 1.54) is 0 Å². The SMILES string of the molecule is Nc1ncc(F)c2c1NCN2[C@@H]1CC[C@@H](O)[C@H]1O. The number of rotatable bonds is 1. The fraction of sp³-hybridized carbons (Fsp3) is 0.545. The molecule has 98 valence electrons. The molecule has 2 heterocycles. The molecule has 3 rings (SSSR count). The van der Waals surface area contributed by atoms with Crippen LogP contribution in [0, 0.1) is 5.82 Å². The molecule has 2 aliphatic rings. The van der Waals surface area contributed by atoms with Gasteiger partial charge in [-0.3, -0.25) is 0 Å². The molecular weight excluding hydrogens is 239 g/mol. The summed E-state index contributed by atoms with van der Waals surface area (Å²) in [5.74, 6) is -0.236. The summed E-state index contributed by atoms with van der Waals surface area (Å²) < 4.78 is 13.9. The van der Waals surface area contributed by atoms with E-state index in [1.54, 1.807) is 4.90 Å². The highest BCUT2D eigenvalue weighted by atomic mass is 19.1. The van der Waals surface area contributed by atoms with E-state index >= 15 is 0 Å². The Hall–Kier alpha value is -1.60. The Morgan fingerprint density at radius 2 is 2.22 bits per heavy atom. The molecule has 0 saturated heterocycles. The van der Waals surface area contributed by atoms with Gasteiger partial charge >= 0.3 is 0 Å². The van der Waals surface area contributed by atoms with Gasteiger partial charge in [-0.15, -0.1) is 0 Å². The number of pyridine rings is 1. The molecule has 6 nitrogen and oxygen atoms in total. The molecule has 1 aromatic rings. The lowest BCUT2D eigenvalue weighted by molar-refractivity contribution is 0.0352. The highest BCUT2D eigenvalue weighted by Gasteiger charge is 2.41. The summed E-state index contributed by atoms with van der Waals surface area (Å²) in [4.78, 5) is 5.46. The Kier molecular flexibility index (Phi) is 2.53. The number of nitrogens with zero attached hydrogens (tertiary/aromatic N) is 2. The molecule has 1 fully saturated rings. The van der Waals surface area contributed by atoms with Crippen LogP contribution in [-0.2, 0) is 0 Å². The fourth-order valence-corrected chi connectivity index (χ4v) is 2.75. The van der Waals surface area contributed by atoms with Crippen LogP contribution in [0.3, 0.4) is 0 Å². The van der Waals surface area contributed by atoms with Gasteiger partial charge < -0.3 is 26.2 Å². The van der Waals surface area contributed by atoms with Gasteiger partial charge in [0.05, 0.1) is 25.0 Å². The van der Waals surface area contributed by atoms with Crippen molar-refractivity contribution in [2.24, 2.45) is 0 Å². The molecule has 0 radical (unpaired) electrons. The molecule has 1 aliphatic heterocycles. The Morgan fingerprint density at radius 1 is 1.44 bits per heavy atom. The van der Waals surface area contributed by atoms with Gasteiger partial charge in [0.15, 0.2) is 5.82 Å². The Labute approximate surface area is 103 Å². The molecule has 3 atom stereocenters. The average Bonchev–Trinajstić information content (AvgIpc) is 2.91. The Balaban J connectivity index is 1.98. The lowest BCUT2D eigenvalue weighted by Gasteiger charge is -2.29. The van der Waals surface area contributed by atoms with Crippen molar-refractivity contribution < 1.29 is 14.6 Å². The summed E-state index contributed by atoms with van der Waals surface area (Å²) >= 11 is 0. The standard InChI is InChI=1S/C11H15FN4O2/c12-5-3-14-11(13)8-9(5)16(4-15-8)6-1-2-7(17)10(6)18/h3,6-7,10,15,17-18H,1-2,4H2,(H2,13,14)/t6-,7-,10+/m1/s1. The van der Waals surface area contributed by atoms with Gasteiger partial charge in [-0.25, -0.2) is 9.37 Å². The molecule has 0 aromatic carbocycles. The molecule has 1 aromatic heterocycles. The van der Waals surface area contributed by atoms with Crippen LogP contribution in [0.4, 0.5) is 21.6 Å². The largest absolute Gasteiger partial charge is 0.390 e. The number of nitrogens with one attached hydrogen (secondary N) is 1. The average molecular weight is 254 g/mol. The first kappa shape index (κ1) is 11.5. The second kappa shape index (κ2) is 3.96. The van der Waals surface area contributed by atoms with Crippen molar-refractivity contribution in [2.45, 2.75) is 31.1 Å². The lowest BCUT2D eigenvalue weighted by atomic mass is 10.1. The first-order chi connectivity index (χ1) is 8.59. The molecule has 0 bridgehead atoms. The third-order valence-electron chi connectivity index (χ3n) is 3.70. The fourth-order valence-electron chi connectivity index (χ4n) is 2.75. The van der Waals surface area contributed by atoms with E-state index in [0.717, 1.165) is 6.20 Å². The number of aliphatic hydroxyl groups is 2. The zero-order valence-corrected chi connectivity index (χ0v) is 9.67. The van der Waals surface area contributed by atoms with Crippen LogP contribution in [0.5, 0.6) is 0 Å². The van der Waals surface area contributed by atoms with Gasteiger partial charge in [0, 0.05) is 0 Å². The van der Waals surface area contributed by atoms with Gasteiger partial charge in [0.1, 0.15) is 23.3 Å². The van der Waals surface area contributed by atoms with Gasteiger partial charge in [0.2, 0.25) is 0 Å². The van der Waals surface area contributed by atoms with Crippen LogP contribution in [0.25, 0.3) is 0 Å². The lowest BCUT2D eigenvalue weighted by Crippen LogP contribution is -2.43. The first-order valence-electron chi connectivity index (χ1n) is 5.90. The summed E-state index contributed by atoms with van der Waals surface area (Å²) in [5, 5.41) is 22.5. The van der Waals surface area contributed by atoms with Crippen LogP contribution in [0.15, 0.2) is 6.20 Å². The number of anilines is 3. The van der Waals surface area contributed by atoms with Crippen LogP contribution in [0.2, 0.25) is 0 Å². The number of aromatic nitrogens is 1. The Morgan fingerprint density at radius 3 is 2.89 bits per heavy atom. The van der Waals surface area contributed by atoms with E-state index in [2.05, 4.69) is 10.3 Å². The van der Waals surface area contributed by atoms with Crippen LogP contribution >= 0.6 is 0 Å². The summed E-state index contributed by atoms with van der Waals surface area (Å²) in [5.41, 5.74) is 6.48. The van der Waals surface area contributed by atoms with Gasteiger partial charge in [0.25, 0.3) is 0 Å². The number of halogens is 1. The molecule has 18 heavy (non-hydrogen) atoms. The van der Waals surface area contributed by atoms with Crippen molar-refractivity contribution in [3.05, 3.63) is 12.0 Å². The van der Waals surface area contributed by atoms with Gasteiger partial charge in [-0.2, -0.15) is 0 Å². The van der Waals surface area contributed by atoms with E-state index < -0.39 is 18.0 Å². The summed E-state index contributed by atoms with van der Waals surface area (Å²) in [6.45, 7) is 0.358. The molecule has 5 N–H and O–H groups in total. The van der Waals surface area contributed by atoms with Crippen molar-refractivity contribution in [3.63, 3.8) is 0 Å². The third-order valence-corrected chi connectivity index (χ3v) is 3.70. The maximum absolute atomic E-state index is 13.9. The smallest absolute Gasteiger partial charge is 0.167 e. The number of hydrogen-bond acceptors (Lipinski definition) is 6. The van der Waals surface area contributed by atoms with Gasteiger partial charge in [-0.05, 0) is 12.8 Å². The summed E-state index contributed by atoms with van der Waals surface area (Å²) in [7, 11) is 0. The zero-order chi connectivity index (χ0) is 12.9. The van der Waals surface area contributed by atoms with Crippen molar-refractivity contribution in [2.75, 3.05) is 22.6 Å². The van der Waals surface area contributed by atoms with Crippen LogP contribution < -0.4 is 16.0 Å². The molecule has 0 amide bonds. The minimum absolute atomic E-state index is 0.238. The zero-order valence-electron chi connectivity index (χ0n) is 9.67. The van der Waals surface area contributed by atoms with E-state index in [4.69, 9.17) is 5.73 Å². The van der Waals surface area contributed by atoms with Crippen LogP contribution in [0.1, 0.15) is 12.8 Å². The predicted octanol–water partition coefficient (Wildman–Crippen LogP) is -0.124. The second-order valence-corrected chi connectivity index (χ2v) is 4.72. The normalized spacial score (nSPS) is 30.4. The molecular formula is C11H15FN4O2. The molecule has 1 aliphatic carbocycles. The first-order valence-corrected chi connectivity index (χ1v) is 5.90.